The van der Waals surface area contributed by atoms with Crippen LogP contribution < -0.4 is 15.2 Å². The lowest BCUT2D eigenvalue weighted by Gasteiger charge is -2.13. The lowest BCUT2D eigenvalue weighted by atomic mass is 10.2. The summed E-state index contributed by atoms with van der Waals surface area (Å²) in [5.74, 6) is 0.437. The SMILES string of the molecule is NC(=O)C1CCOc2c(CO)cccc2O1. The second-order valence-corrected chi connectivity index (χ2v) is 3.55. The van der Waals surface area contributed by atoms with Crippen LogP contribution in [0.2, 0.25) is 0 Å². The van der Waals surface area contributed by atoms with E-state index in [-0.39, 0.29) is 6.61 Å². The second-order valence-electron chi connectivity index (χ2n) is 3.55. The van der Waals surface area contributed by atoms with E-state index in [0.29, 0.717) is 30.1 Å². The van der Waals surface area contributed by atoms with Gasteiger partial charge in [-0.15, -0.1) is 0 Å². The molecule has 0 aromatic heterocycles. The van der Waals surface area contributed by atoms with Crippen molar-refractivity contribution in [3.05, 3.63) is 23.8 Å². The van der Waals surface area contributed by atoms with Gasteiger partial charge in [0, 0.05) is 12.0 Å². The number of benzene rings is 1. The zero-order chi connectivity index (χ0) is 11.5. The Hall–Kier alpha value is -1.75. The average molecular weight is 223 g/mol. The number of aliphatic hydroxyl groups is 1. The summed E-state index contributed by atoms with van der Waals surface area (Å²) < 4.78 is 10.9. The topological polar surface area (TPSA) is 81.8 Å². The van der Waals surface area contributed by atoms with Gasteiger partial charge in [0.15, 0.2) is 17.6 Å². The largest absolute Gasteiger partial charge is 0.489 e. The van der Waals surface area contributed by atoms with E-state index in [1.807, 2.05) is 0 Å². The molecule has 5 heteroatoms. The molecule has 3 N–H and O–H groups in total. The summed E-state index contributed by atoms with van der Waals surface area (Å²) in [4.78, 5) is 11.1. The maximum absolute atomic E-state index is 11.1. The molecule has 1 unspecified atom stereocenters. The van der Waals surface area contributed by atoms with Crippen LogP contribution in [0.3, 0.4) is 0 Å². The molecule has 1 aliphatic rings. The van der Waals surface area contributed by atoms with Gasteiger partial charge in [0.05, 0.1) is 13.2 Å². The van der Waals surface area contributed by atoms with Gasteiger partial charge in [-0.2, -0.15) is 0 Å². The van der Waals surface area contributed by atoms with Crippen molar-refractivity contribution in [1.82, 2.24) is 0 Å². The van der Waals surface area contributed by atoms with Gasteiger partial charge >= 0.3 is 0 Å². The van der Waals surface area contributed by atoms with Gasteiger partial charge in [-0.1, -0.05) is 12.1 Å². The van der Waals surface area contributed by atoms with Crippen LogP contribution in [0.15, 0.2) is 18.2 Å². The predicted molar refractivity (Wildman–Crippen MR) is 56.1 cm³/mol. The fraction of sp³-hybridized carbons (Fsp3) is 0.364. The number of nitrogens with two attached hydrogens (primary N) is 1. The Morgan fingerprint density at radius 1 is 1.56 bits per heavy atom. The minimum absolute atomic E-state index is 0.131. The molecule has 1 aliphatic heterocycles. The van der Waals surface area contributed by atoms with Crippen LogP contribution in [-0.2, 0) is 11.4 Å². The van der Waals surface area contributed by atoms with Crippen LogP contribution in [0.1, 0.15) is 12.0 Å². The van der Waals surface area contributed by atoms with Gasteiger partial charge in [-0.3, -0.25) is 4.79 Å². The smallest absolute Gasteiger partial charge is 0.258 e. The van der Waals surface area contributed by atoms with E-state index in [9.17, 15) is 4.79 Å². The Balaban J connectivity index is 2.34. The Morgan fingerprint density at radius 2 is 2.38 bits per heavy atom. The quantitative estimate of drug-likeness (QED) is 0.750. The van der Waals surface area contributed by atoms with Crippen molar-refractivity contribution in [3.8, 4) is 11.5 Å². The summed E-state index contributed by atoms with van der Waals surface area (Å²) in [7, 11) is 0. The molecule has 1 atom stereocenters. The molecule has 0 saturated carbocycles. The first-order chi connectivity index (χ1) is 7.72. The zero-order valence-corrected chi connectivity index (χ0v) is 8.68. The summed E-state index contributed by atoms with van der Waals surface area (Å²) >= 11 is 0. The number of carbonyl (C=O) groups excluding carboxylic acids is 1. The third-order valence-electron chi connectivity index (χ3n) is 2.44. The number of hydrogen-bond acceptors (Lipinski definition) is 4. The number of ether oxygens (including phenoxy) is 2. The molecule has 0 radical (unpaired) electrons. The van der Waals surface area contributed by atoms with Crippen molar-refractivity contribution in [3.63, 3.8) is 0 Å². The number of para-hydroxylation sites is 1. The van der Waals surface area contributed by atoms with E-state index in [1.165, 1.54) is 0 Å². The monoisotopic (exact) mass is 223 g/mol. The van der Waals surface area contributed by atoms with Gasteiger partial charge in [0.2, 0.25) is 0 Å². The lowest BCUT2D eigenvalue weighted by Crippen LogP contribution is -2.33. The molecule has 0 fully saturated rings. The van der Waals surface area contributed by atoms with E-state index in [4.69, 9.17) is 20.3 Å². The number of amides is 1. The van der Waals surface area contributed by atoms with Crippen molar-refractivity contribution in [1.29, 1.82) is 0 Å². The third kappa shape index (κ3) is 1.94. The second kappa shape index (κ2) is 4.40. The zero-order valence-electron chi connectivity index (χ0n) is 8.68. The molecule has 86 valence electrons. The van der Waals surface area contributed by atoms with E-state index in [0.717, 1.165) is 0 Å². The Kier molecular flexibility index (Phi) is 2.96. The Bertz CT molecular complexity index is 405. The van der Waals surface area contributed by atoms with Crippen LogP contribution in [0, 0.1) is 0 Å². The number of aliphatic hydroxyl groups excluding tert-OH is 1. The van der Waals surface area contributed by atoms with Crippen LogP contribution in [0.25, 0.3) is 0 Å². The molecule has 5 nitrogen and oxygen atoms in total. The first-order valence-corrected chi connectivity index (χ1v) is 5.04. The Labute approximate surface area is 92.8 Å². The van der Waals surface area contributed by atoms with Crippen molar-refractivity contribution in [2.75, 3.05) is 6.61 Å². The number of primary amides is 1. The molecule has 0 spiro atoms. The highest BCUT2D eigenvalue weighted by Gasteiger charge is 2.24. The number of carbonyl (C=O) groups is 1. The molecule has 0 bridgehead atoms. The van der Waals surface area contributed by atoms with Gasteiger partial charge in [-0.05, 0) is 6.07 Å². The molecular formula is C11H13NO4. The third-order valence-corrected chi connectivity index (χ3v) is 2.44. The van der Waals surface area contributed by atoms with E-state index in [1.54, 1.807) is 18.2 Å². The van der Waals surface area contributed by atoms with Gasteiger partial charge in [-0.25, -0.2) is 0 Å². The van der Waals surface area contributed by atoms with Gasteiger partial charge < -0.3 is 20.3 Å². The molecule has 1 heterocycles. The summed E-state index contributed by atoms with van der Waals surface area (Å²) in [5, 5.41) is 9.13. The summed E-state index contributed by atoms with van der Waals surface area (Å²) in [6.07, 6.45) is -0.260. The van der Waals surface area contributed by atoms with Crippen LogP contribution in [-0.4, -0.2) is 23.7 Å². The maximum Gasteiger partial charge on any atom is 0.258 e. The normalized spacial score (nSPS) is 18.9. The van der Waals surface area contributed by atoms with E-state index >= 15 is 0 Å². The Morgan fingerprint density at radius 3 is 3.06 bits per heavy atom. The van der Waals surface area contributed by atoms with Crippen LogP contribution in [0.4, 0.5) is 0 Å². The summed E-state index contributed by atoms with van der Waals surface area (Å²) in [5.41, 5.74) is 5.84. The highest BCUT2D eigenvalue weighted by atomic mass is 16.5. The van der Waals surface area contributed by atoms with Gasteiger partial charge in [0.1, 0.15) is 0 Å². The van der Waals surface area contributed by atoms with Crippen LogP contribution >= 0.6 is 0 Å². The molecule has 1 aromatic carbocycles. The minimum Gasteiger partial charge on any atom is -0.489 e. The lowest BCUT2D eigenvalue weighted by molar-refractivity contribution is -0.124. The molecule has 0 aliphatic carbocycles. The standard InChI is InChI=1S/C11H13NO4/c12-11(14)9-4-5-15-10-7(6-13)2-1-3-8(10)16-9/h1-3,9,13H,4-6H2,(H2,12,14). The number of fused-ring (bicyclic) bond motifs is 1. The summed E-state index contributed by atoms with van der Waals surface area (Å²) in [6, 6.07) is 5.17. The summed E-state index contributed by atoms with van der Waals surface area (Å²) in [6.45, 7) is 0.214. The molecule has 2 rings (SSSR count). The maximum atomic E-state index is 11.1. The first-order valence-electron chi connectivity index (χ1n) is 5.04. The number of rotatable bonds is 2. The van der Waals surface area contributed by atoms with Crippen molar-refractivity contribution < 1.29 is 19.4 Å². The highest BCUT2D eigenvalue weighted by molar-refractivity contribution is 5.79. The molecule has 1 aromatic rings. The van der Waals surface area contributed by atoms with E-state index in [2.05, 4.69) is 0 Å². The minimum atomic E-state index is -0.671. The molecular weight excluding hydrogens is 210 g/mol. The van der Waals surface area contributed by atoms with Crippen molar-refractivity contribution >= 4 is 5.91 Å². The average Bonchev–Trinajstić information content (AvgIpc) is 2.50. The van der Waals surface area contributed by atoms with Crippen LogP contribution in [0.5, 0.6) is 11.5 Å². The first kappa shape index (κ1) is 10.8. The van der Waals surface area contributed by atoms with Gasteiger partial charge in [0.25, 0.3) is 5.91 Å². The molecule has 1 amide bonds. The fourth-order valence-corrected chi connectivity index (χ4v) is 1.62. The predicted octanol–water partition coefficient (Wildman–Crippen LogP) is 0.194. The van der Waals surface area contributed by atoms with Crippen molar-refractivity contribution in [2.45, 2.75) is 19.1 Å². The van der Waals surface area contributed by atoms with E-state index < -0.39 is 12.0 Å². The highest BCUT2D eigenvalue weighted by Crippen LogP contribution is 2.34. The molecule has 16 heavy (non-hydrogen) atoms. The van der Waals surface area contributed by atoms with Crippen molar-refractivity contribution in [2.24, 2.45) is 5.73 Å². The fourth-order valence-electron chi connectivity index (χ4n) is 1.62. The molecule has 0 saturated heterocycles. The number of hydrogen-bond donors (Lipinski definition) is 2.